The van der Waals surface area contributed by atoms with Crippen molar-refractivity contribution in [3.63, 3.8) is 0 Å². The molecule has 0 radical (unpaired) electrons. The predicted molar refractivity (Wildman–Crippen MR) is 131 cm³/mol. The van der Waals surface area contributed by atoms with Crippen LogP contribution in [0.1, 0.15) is 22.3 Å². The highest BCUT2D eigenvalue weighted by Crippen LogP contribution is 2.28. The van der Waals surface area contributed by atoms with Crippen LogP contribution < -0.4 is 5.48 Å². The van der Waals surface area contributed by atoms with Gasteiger partial charge in [0.25, 0.3) is 5.91 Å². The maximum atomic E-state index is 11.2. The molecule has 1 aromatic heterocycles. The van der Waals surface area contributed by atoms with Crippen LogP contribution in [0.5, 0.6) is 0 Å². The second-order valence-corrected chi connectivity index (χ2v) is 8.57. The number of rotatable bonds is 8. The van der Waals surface area contributed by atoms with E-state index in [1.54, 1.807) is 11.6 Å². The summed E-state index contributed by atoms with van der Waals surface area (Å²) >= 11 is 0. The van der Waals surface area contributed by atoms with Crippen LogP contribution in [0.25, 0.3) is 17.0 Å². The van der Waals surface area contributed by atoms with Gasteiger partial charge in [0.2, 0.25) is 0 Å². The number of amides is 1. The minimum absolute atomic E-state index is 0.144. The Bertz CT molecular complexity index is 1260. The van der Waals surface area contributed by atoms with Crippen molar-refractivity contribution < 1.29 is 38.2 Å². The molecule has 1 atom stereocenters. The van der Waals surface area contributed by atoms with Crippen molar-refractivity contribution in [2.24, 2.45) is 0 Å². The lowest BCUT2D eigenvalue weighted by Crippen LogP contribution is -2.39. The van der Waals surface area contributed by atoms with Crippen molar-refractivity contribution in [1.29, 1.82) is 0 Å². The summed E-state index contributed by atoms with van der Waals surface area (Å²) in [6.07, 6.45) is 2.84. The molecule has 1 unspecified atom stereocenters. The summed E-state index contributed by atoms with van der Waals surface area (Å²) in [6, 6.07) is 14.9. The largest absolute Gasteiger partial charge is 0.490 e. The summed E-state index contributed by atoms with van der Waals surface area (Å²) in [7, 11) is 0. The van der Waals surface area contributed by atoms with Gasteiger partial charge in [0.15, 0.2) is 0 Å². The number of H-pyrrole nitrogens is 1. The van der Waals surface area contributed by atoms with Gasteiger partial charge in [-0.05, 0) is 53.7 Å². The Morgan fingerprint density at radius 1 is 1.11 bits per heavy atom. The highest BCUT2D eigenvalue weighted by atomic mass is 19.4. The van der Waals surface area contributed by atoms with Crippen LogP contribution >= 0.6 is 0 Å². The predicted octanol–water partition coefficient (Wildman–Crippen LogP) is 3.32. The number of fused-ring (bicyclic) bond motifs is 2. The first-order chi connectivity index (χ1) is 17.6. The number of aromatic amines is 1. The highest BCUT2D eigenvalue weighted by Gasteiger charge is 2.38. The molecule has 1 heterocycles. The molecule has 0 fully saturated rings. The van der Waals surface area contributed by atoms with Crippen molar-refractivity contribution in [2.45, 2.75) is 31.5 Å². The van der Waals surface area contributed by atoms with Crippen LogP contribution in [0.2, 0.25) is 0 Å². The number of aliphatic hydroxyl groups is 1. The third-order valence-corrected chi connectivity index (χ3v) is 6.17. The number of nitrogens with one attached hydrogen (secondary N) is 2. The standard InChI is InChI=1S/C24H27N3O3.C2HF3O2/c28-12-11-27(10-9-19-16-25-23-4-2-1-3-22(19)23)21-14-18-7-5-17(13-20(18)15-21)6-8-24(29)26-30;3-2(4,5)1(6)7/h1-8,13,16,21,25,28,30H,9-12,14-15H2,(H,26,29);(H,6,7)/b8-6+;. The molecule has 1 aliphatic rings. The lowest BCUT2D eigenvalue weighted by molar-refractivity contribution is -0.192. The van der Waals surface area contributed by atoms with Crippen LogP contribution in [0.4, 0.5) is 13.2 Å². The Morgan fingerprint density at radius 2 is 1.81 bits per heavy atom. The number of benzene rings is 2. The van der Waals surface area contributed by atoms with Crippen molar-refractivity contribution in [3.05, 3.63) is 77.0 Å². The van der Waals surface area contributed by atoms with E-state index >= 15 is 0 Å². The first kappa shape index (κ1) is 27.9. The minimum atomic E-state index is -5.08. The van der Waals surface area contributed by atoms with Crippen LogP contribution in [-0.4, -0.2) is 69.1 Å². The molecule has 0 bridgehead atoms. The average Bonchev–Trinajstić information content (AvgIpc) is 3.48. The molecule has 1 amide bonds. The molecular formula is C26H28F3N3O5. The first-order valence-electron chi connectivity index (χ1n) is 11.6. The molecule has 1 aliphatic carbocycles. The summed E-state index contributed by atoms with van der Waals surface area (Å²) in [4.78, 5) is 25.8. The number of carbonyl (C=O) groups excluding carboxylic acids is 1. The molecule has 37 heavy (non-hydrogen) atoms. The smallest absolute Gasteiger partial charge is 0.475 e. The maximum absolute atomic E-state index is 11.2. The number of nitrogens with zero attached hydrogens (tertiary/aromatic N) is 1. The summed E-state index contributed by atoms with van der Waals surface area (Å²) in [5.41, 5.74) is 7.60. The highest BCUT2D eigenvalue weighted by molar-refractivity contribution is 5.90. The number of aromatic nitrogens is 1. The van der Waals surface area contributed by atoms with Gasteiger partial charge in [0.1, 0.15) is 0 Å². The summed E-state index contributed by atoms with van der Waals surface area (Å²) in [5, 5.41) is 26.6. The third kappa shape index (κ3) is 7.66. The molecule has 0 spiro atoms. The SMILES string of the molecule is O=C(/C=C/c1ccc2c(c1)CC(N(CCO)CCc1c[nH]c3ccccc13)C2)NO.O=C(O)C(F)(F)F. The zero-order valence-corrected chi connectivity index (χ0v) is 19.8. The number of aliphatic carboxylic acids is 1. The van der Waals surface area contributed by atoms with Gasteiger partial charge in [-0.2, -0.15) is 13.2 Å². The zero-order chi connectivity index (χ0) is 27.0. The van der Waals surface area contributed by atoms with E-state index in [0.717, 1.165) is 36.9 Å². The maximum Gasteiger partial charge on any atom is 0.490 e. The first-order valence-corrected chi connectivity index (χ1v) is 11.6. The second kappa shape index (κ2) is 12.5. The molecule has 3 aromatic rings. The lowest BCUT2D eigenvalue weighted by Gasteiger charge is -2.28. The fourth-order valence-electron chi connectivity index (χ4n) is 4.39. The topological polar surface area (TPSA) is 126 Å². The Morgan fingerprint density at radius 3 is 2.49 bits per heavy atom. The van der Waals surface area contributed by atoms with Gasteiger partial charge in [-0.15, -0.1) is 0 Å². The van der Waals surface area contributed by atoms with Gasteiger partial charge in [0, 0.05) is 42.3 Å². The van der Waals surface area contributed by atoms with Crippen molar-refractivity contribution in [2.75, 3.05) is 19.7 Å². The fraction of sp³-hybridized carbons (Fsp3) is 0.308. The normalized spacial score (nSPS) is 15.0. The number of carboxylic acid groups (broad SMARTS) is 1. The van der Waals surface area contributed by atoms with Crippen LogP contribution in [0, 0.1) is 0 Å². The van der Waals surface area contributed by atoms with E-state index in [2.05, 4.69) is 46.4 Å². The van der Waals surface area contributed by atoms with E-state index in [9.17, 15) is 23.1 Å². The molecule has 0 saturated carbocycles. The number of hydroxylamine groups is 1. The molecule has 5 N–H and O–H groups in total. The van der Waals surface area contributed by atoms with E-state index in [1.807, 2.05) is 12.1 Å². The molecule has 2 aromatic carbocycles. The molecule has 8 nitrogen and oxygen atoms in total. The minimum Gasteiger partial charge on any atom is -0.475 e. The molecule has 0 saturated heterocycles. The molecule has 11 heteroatoms. The average molecular weight is 520 g/mol. The van der Waals surface area contributed by atoms with E-state index in [0.29, 0.717) is 12.6 Å². The number of hydrogen-bond donors (Lipinski definition) is 5. The molecule has 0 aliphatic heterocycles. The van der Waals surface area contributed by atoms with E-state index in [1.165, 1.54) is 28.2 Å². The summed E-state index contributed by atoms with van der Waals surface area (Å²) in [5.74, 6) is -3.30. The van der Waals surface area contributed by atoms with E-state index in [4.69, 9.17) is 15.1 Å². The molecule has 198 valence electrons. The van der Waals surface area contributed by atoms with Crippen molar-refractivity contribution in [1.82, 2.24) is 15.4 Å². The van der Waals surface area contributed by atoms with Crippen LogP contribution in [-0.2, 0) is 28.9 Å². The molecular weight excluding hydrogens is 491 g/mol. The van der Waals surface area contributed by atoms with E-state index < -0.39 is 18.1 Å². The van der Waals surface area contributed by atoms with E-state index in [-0.39, 0.29) is 6.61 Å². The fourth-order valence-corrected chi connectivity index (χ4v) is 4.39. The number of alkyl halides is 3. The van der Waals surface area contributed by atoms with Gasteiger partial charge in [0.05, 0.1) is 6.61 Å². The Kier molecular flexibility index (Phi) is 9.45. The van der Waals surface area contributed by atoms with Gasteiger partial charge < -0.3 is 15.2 Å². The zero-order valence-electron chi connectivity index (χ0n) is 19.8. The number of aliphatic hydroxyl groups excluding tert-OH is 1. The lowest BCUT2D eigenvalue weighted by atomic mass is 10.1. The van der Waals surface area contributed by atoms with Gasteiger partial charge in [-0.3, -0.25) is 14.9 Å². The Hall–Kier alpha value is -3.67. The Balaban J connectivity index is 0.000000479. The quantitative estimate of drug-likeness (QED) is 0.177. The number of carboxylic acids is 1. The molecule has 4 rings (SSSR count). The monoisotopic (exact) mass is 519 g/mol. The van der Waals surface area contributed by atoms with Crippen LogP contribution in [0.3, 0.4) is 0 Å². The van der Waals surface area contributed by atoms with Gasteiger partial charge >= 0.3 is 12.1 Å². The van der Waals surface area contributed by atoms with Crippen molar-refractivity contribution in [3.8, 4) is 0 Å². The number of carbonyl (C=O) groups is 2. The van der Waals surface area contributed by atoms with Crippen molar-refractivity contribution >= 4 is 28.9 Å². The number of halogens is 3. The number of hydrogen-bond acceptors (Lipinski definition) is 5. The number of para-hydroxylation sites is 1. The van der Waals surface area contributed by atoms with Gasteiger partial charge in [-0.1, -0.05) is 36.4 Å². The third-order valence-electron chi connectivity index (χ3n) is 6.17. The Labute approximate surface area is 211 Å². The summed E-state index contributed by atoms with van der Waals surface area (Å²) < 4.78 is 31.7. The van der Waals surface area contributed by atoms with Crippen LogP contribution in [0.15, 0.2) is 54.7 Å². The summed E-state index contributed by atoms with van der Waals surface area (Å²) in [6.45, 7) is 1.69. The second-order valence-electron chi connectivity index (χ2n) is 8.57. The van der Waals surface area contributed by atoms with Gasteiger partial charge in [-0.25, -0.2) is 10.3 Å².